The molecule has 4 heteroatoms. The fourth-order valence-corrected chi connectivity index (χ4v) is 8.26. The lowest BCUT2D eigenvalue weighted by Gasteiger charge is -2.15. The average Bonchev–Trinajstić information content (AvgIpc) is 3.01. The van der Waals surface area contributed by atoms with Gasteiger partial charge in [0.15, 0.2) is 0 Å². The number of unbranched alkanes of at least 4 members (excludes halogenated alkanes) is 18. The summed E-state index contributed by atoms with van der Waals surface area (Å²) in [6, 6.07) is 9.33. The van der Waals surface area contributed by atoms with Crippen LogP contribution in [0.15, 0.2) is 24.3 Å². The molecule has 2 nitrogen and oxygen atoms in total. The molecule has 0 aromatic heterocycles. The van der Waals surface area contributed by atoms with Crippen LogP contribution in [-0.4, -0.2) is 13.2 Å². The average molecular weight is 845 g/mol. The van der Waals surface area contributed by atoms with Crippen LogP contribution in [0, 0.1) is 21.0 Å². The summed E-state index contributed by atoms with van der Waals surface area (Å²) in [7, 11) is 0. The Labute approximate surface area is 306 Å². The first-order chi connectivity index (χ1) is 22.0. The Balaban J connectivity index is 1.61. The van der Waals surface area contributed by atoms with E-state index in [4.69, 9.17) is 9.47 Å². The second-order valence-corrected chi connectivity index (χ2v) is 15.7. The van der Waals surface area contributed by atoms with Crippen molar-refractivity contribution in [3.8, 4) is 11.5 Å². The van der Waals surface area contributed by atoms with Crippen LogP contribution < -0.4 is 9.47 Å². The Morgan fingerprint density at radius 2 is 0.733 bits per heavy atom. The lowest BCUT2D eigenvalue weighted by molar-refractivity contribution is 0.244. The Bertz CT molecular complexity index is 907. The Hall–Kier alpha value is -0.500. The molecule has 2 aromatic rings. The van der Waals surface area contributed by atoms with Crippen LogP contribution in [0.4, 0.5) is 0 Å². The SMILES string of the molecule is CCCCCCCCCCCCc1cc(C)c(OCCCOc2c(C)cc(CCCCCCCCCCCC)cc2I)c(I)c1. The topological polar surface area (TPSA) is 18.5 Å². The molecule has 0 bridgehead atoms. The Kier molecular flexibility index (Phi) is 23.9. The van der Waals surface area contributed by atoms with E-state index in [2.05, 4.69) is 97.1 Å². The van der Waals surface area contributed by atoms with Crippen molar-refractivity contribution >= 4 is 45.2 Å². The highest BCUT2D eigenvalue weighted by Crippen LogP contribution is 2.30. The first-order valence-electron chi connectivity index (χ1n) is 18.8. The zero-order valence-electron chi connectivity index (χ0n) is 29.6. The van der Waals surface area contributed by atoms with Crippen molar-refractivity contribution in [1.82, 2.24) is 0 Å². The molecule has 2 aromatic carbocycles. The normalized spacial score (nSPS) is 11.3. The van der Waals surface area contributed by atoms with Crippen molar-refractivity contribution in [2.75, 3.05) is 13.2 Å². The molecule has 0 aliphatic heterocycles. The molecule has 0 aliphatic carbocycles. The number of benzene rings is 2. The van der Waals surface area contributed by atoms with Gasteiger partial charge in [0.25, 0.3) is 0 Å². The molecular formula is C41H66I2O2. The highest BCUT2D eigenvalue weighted by molar-refractivity contribution is 14.1. The second kappa shape index (κ2) is 26.5. The minimum atomic E-state index is 0.682. The van der Waals surface area contributed by atoms with Crippen LogP contribution in [0.5, 0.6) is 11.5 Å². The zero-order chi connectivity index (χ0) is 32.5. The number of hydrogen-bond donors (Lipinski definition) is 0. The largest absolute Gasteiger partial charge is 0.492 e. The van der Waals surface area contributed by atoms with Gasteiger partial charge in [-0.15, -0.1) is 0 Å². The third kappa shape index (κ3) is 18.6. The van der Waals surface area contributed by atoms with Crippen LogP contribution in [-0.2, 0) is 12.8 Å². The number of rotatable bonds is 28. The Morgan fingerprint density at radius 3 is 1.04 bits per heavy atom. The maximum Gasteiger partial charge on any atom is 0.135 e. The standard InChI is InChI=1S/C41H66I2O2/c1-5-7-9-11-13-15-17-19-21-23-26-36-30-34(3)40(38(42)32-36)44-28-25-29-45-41-35(4)31-37(33-39(41)43)27-24-22-20-18-16-14-12-10-8-6-2/h30-33H,5-29H2,1-4H3. The maximum atomic E-state index is 6.26. The molecule has 0 spiro atoms. The van der Waals surface area contributed by atoms with Gasteiger partial charge >= 0.3 is 0 Å². The molecule has 0 aliphatic rings. The number of hydrogen-bond acceptors (Lipinski definition) is 2. The van der Waals surface area contributed by atoms with Gasteiger partial charge in [-0.3, -0.25) is 0 Å². The fraction of sp³-hybridized carbons (Fsp3) is 0.707. The first kappa shape index (κ1) is 40.7. The molecule has 45 heavy (non-hydrogen) atoms. The van der Waals surface area contributed by atoms with E-state index < -0.39 is 0 Å². The van der Waals surface area contributed by atoms with E-state index in [-0.39, 0.29) is 0 Å². The van der Waals surface area contributed by atoms with Crippen molar-refractivity contribution in [2.45, 2.75) is 175 Å². The van der Waals surface area contributed by atoms with Gasteiger partial charge in [0, 0.05) is 6.42 Å². The summed E-state index contributed by atoms with van der Waals surface area (Å²) in [4.78, 5) is 0. The van der Waals surface area contributed by atoms with Crippen molar-refractivity contribution in [3.05, 3.63) is 53.7 Å². The summed E-state index contributed by atoms with van der Waals surface area (Å²) >= 11 is 4.90. The molecule has 256 valence electrons. The maximum absolute atomic E-state index is 6.26. The van der Waals surface area contributed by atoms with Crippen LogP contribution in [0.3, 0.4) is 0 Å². The highest BCUT2D eigenvalue weighted by Gasteiger charge is 2.10. The molecule has 0 fully saturated rings. The number of halogens is 2. The lowest BCUT2D eigenvalue weighted by atomic mass is 10.0. The van der Waals surface area contributed by atoms with Crippen LogP contribution in [0.2, 0.25) is 0 Å². The van der Waals surface area contributed by atoms with E-state index in [1.165, 1.54) is 171 Å². The van der Waals surface area contributed by atoms with Gasteiger partial charge in [-0.1, -0.05) is 142 Å². The van der Waals surface area contributed by atoms with Gasteiger partial charge in [-0.05, 0) is 119 Å². The molecule has 0 heterocycles. The summed E-state index contributed by atoms with van der Waals surface area (Å²) in [5, 5.41) is 0. The second-order valence-electron chi connectivity index (χ2n) is 13.4. The van der Waals surface area contributed by atoms with Crippen molar-refractivity contribution < 1.29 is 9.47 Å². The molecule has 0 saturated heterocycles. The molecule has 0 saturated carbocycles. The van der Waals surface area contributed by atoms with Gasteiger partial charge in [0.1, 0.15) is 11.5 Å². The first-order valence-corrected chi connectivity index (χ1v) is 21.0. The van der Waals surface area contributed by atoms with Gasteiger partial charge in [0.05, 0.1) is 20.4 Å². The predicted molar refractivity (Wildman–Crippen MR) is 214 cm³/mol. The number of ether oxygens (including phenoxy) is 2. The van der Waals surface area contributed by atoms with Crippen LogP contribution >= 0.6 is 45.2 Å². The fourth-order valence-electron chi connectivity index (χ4n) is 6.30. The zero-order valence-corrected chi connectivity index (χ0v) is 33.9. The van der Waals surface area contributed by atoms with Gasteiger partial charge < -0.3 is 9.47 Å². The van der Waals surface area contributed by atoms with E-state index in [9.17, 15) is 0 Å². The summed E-state index contributed by atoms with van der Waals surface area (Å²) in [6.45, 7) is 10.3. The Morgan fingerprint density at radius 1 is 0.422 bits per heavy atom. The molecule has 0 unspecified atom stereocenters. The third-order valence-corrected chi connectivity index (χ3v) is 10.6. The van der Waals surface area contributed by atoms with Crippen molar-refractivity contribution in [1.29, 1.82) is 0 Å². The van der Waals surface area contributed by atoms with E-state index in [1.807, 2.05) is 0 Å². The van der Waals surface area contributed by atoms with Gasteiger partial charge in [0.2, 0.25) is 0 Å². The van der Waals surface area contributed by atoms with Crippen molar-refractivity contribution in [3.63, 3.8) is 0 Å². The van der Waals surface area contributed by atoms with Crippen LogP contribution in [0.25, 0.3) is 0 Å². The van der Waals surface area contributed by atoms with Gasteiger partial charge in [-0.2, -0.15) is 0 Å². The highest BCUT2D eigenvalue weighted by atomic mass is 127. The minimum absolute atomic E-state index is 0.682. The molecule has 0 atom stereocenters. The molecule has 2 rings (SSSR count). The molecule has 0 amide bonds. The minimum Gasteiger partial charge on any atom is -0.492 e. The van der Waals surface area contributed by atoms with E-state index >= 15 is 0 Å². The third-order valence-electron chi connectivity index (χ3n) is 9.00. The summed E-state index contributed by atoms with van der Waals surface area (Å²) in [5.41, 5.74) is 5.42. The smallest absolute Gasteiger partial charge is 0.135 e. The van der Waals surface area contributed by atoms with E-state index in [0.717, 1.165) is 17.9 Å². The summed E-state index contributed by atoms with van der Waals surface area (Å²) in [5.74, 6) is 2.09. The summed E-state index contributed by atoms with van der Waals surface area (Å²) in [6.07, 6.45) is 31.0. The quantitative estimate of drug-likeness (QED) is 0.0628. The van der Waals surface area contributed by atoms with E-state index in [0.29, 0.717) is 13.2 Å². The molecular weight excluding hydrogens is 778 g/mol. The molecule has 0 radical (unpaired) electrons. The van der Waals surface area contributed by atoms with Crippen LogP contribution in [0.1, 0.15) is 171 Å². The predicted octanol–water partition coefficient (Wildman–Crippen LogP) is 14.3. The van der Waals surface area contributed by atoms with Crippen molar-refractivity contribution in [2.24, 2.45) is 0 Å². The van der Waals surface area contributed by atoms with E-state index in [1.54, 1.807) is 0 Å². The van der Waals surface area contributed by atoms with Gasteiger partial charge in [-0.25, -0.2) is 0 Å². The lowest BCUT2D eigenvalue weighted by Crippen LogP contribution is -2.08. The molecule has 0 N–H and O–H groups in total. The monoisotopic (exact) mass is 844 g/mol. The summed E-state index contributed by atoms with van der Waals surface area (Å²) < 4.78 is 15.0. The number of aryl methyl sites for hydroxylation is 4.